The summed E-state index contributed by atoms with van der Waals surface area (Å²) >= 11 is 1.11. The van der Waals surface area contributed by atoms with Crippen molar-refractivity contribution in [2.24, 2.45) is 0 Å². The molecule has 0 aliphatic heterocycles. The van der Waals surface area contributed by atoms with E-state index >= 15 is 0 Å². The van der Waals surface area contributed by atoms with Gasteiger partial charge in [0.1, 0.15) is 16.9 Å². The zero-order chi connectivity index (χ0) is 16.2. The van der Waals surface area contributed by atoms with E-state index in [0.717, 1.165) is 22.8 Å². The number of carbonyl (C=O) groups excluding carboxylic acids is 1. The lowest BCUT2D eigenvalue weighted by molar-refractivity contribution is -0.117. The van der Waals surface area contributed by atoms with Crippen LogP contribution < -0.4 is 5.32 Å². The molecule has 1 N–H and O–H groups in total. The summed E-state index contributed by atoms with van der Waals surface area (Å²) in [5, 5.41) is 2.85. The van der Waals surface area contributed by atoms with Crippen molar-refractivity contribution in [3.63, 3.8) is 0 Å². The summed E-state index contributed by atoms with van der Waals surface area (Å²) in [5.74, 6) is -0.424. The molecule has 0 aliphatic carbocycles. The van der Waals surface area contributed by atoms with Gasteiger partial charge in [-0.25, -0.2) is 4.39 Å². The first-order chi connectivity index (χ1) is 11.1. The SMILES string of the molecule is CN(CC(=O)Nc1cccc2nsnc12)Cc1cccc(F)c1. The topological polar surface area (TPSA) is 58.1 Å². The molecule has 118 valence electrons. The summed E-state index contributed by atoms with van der Waals surface area (Å²) in [5.41, 5.74) is 2.94. The molecule has 1 amide bonds. The second kappa shape index (κ2) is 6.80. The second-order valence-corrected chi connectivity index (χ2v) is 5.82. The molecular formula is C16H15FN4OS. The second-order valence-electron chi connectivity index (χ2n) is 5.29. The Morgan fingerprint density at radius 3 is 2.91 bits per heavy atom. The monoisotopic (exact) mass is 330 g/mol. The number of nitrogens with one attached hydrogen (secondary N) is 1. The number of aromatic nitrogens is 2. The van der Waals surface area contributed by atoms with Gasteiger partial charge in [0.15, 0.2) is 0 Å². The highest BCUT2D eigenvalue weighted by atomic mass is 32.1. The first-order valence-electron chi connectivity index (χ1n) is 7.06. The van der Waals surface area contributed by atoms with Gasteiger partial charge in [0.2, 0.25) is 5.91 Å². The van der Waals surface area contributed by atoms with E-state index in [1.165, 1.54) is 12.1 Å². The molecule has 3 aromatic rings. The van der Waals surface area contributed by atoms with Gasteiger partial charge in [-0.1, -0.05) is 18.2 Å². The third kappa shape index (κ3) is 3.88. The van der Waals surface area contributed by atoms with Crippen molar-refractivity contribution in [3.8, 4) is 0 Å². The lowest BCUT2D eigenvalue weighted by Crippen LogP contribution is -2.29. The molecule has 1 heterocycles. The number of nitrogens with zero attached hydrogens (tertiary/aromatic N) is 3. The Balaban J connectivity index is 1.61. The van der Waals surface area contributed by atoms with Gasteiger partial charge < -0.3 is 5.32 Å². The molecule has 0 spiro atoms. The molecule has 0 bridgehead atoms. The first kappa shape index (κ1) is 15.5. The highest BCUT2D eigenvalue weighted by molar-refractivity contribution is 7.00. The van der Waals surface area contributed by atoms with Gasteiger partial charge >= 0.3 is 0 Å². The molecule has 5 nitrogen and oxygen atoms in total. The molecule has 0 fully saturated rings. The standard InChI is InChI=1S/C16H15FN4OS/c1-21(9-11-4-2-5-12(17)8-11)10-15(22)18-13-6-3-7-14-16(13)20-23-19-14/h2-8H,9-10H2,1H3,(H,18,22). The van der Waals surface area contributed by atoms with E-state index in [-0.39, 0.29) is 18.3 Å². The van der Waals surface area contributed by atoms with Crippen LogP contribution in [0.5, 0.6) is 0 Å². The Bertz CT molecular complexity index is 836. The molecule has 2 aromatic carbocycles. The maximum Gasteiger partial charge on any atom is 0.238 e. The summed E-state index contributed by atoms with van der Waals surface area (Å²) in [7, 11) is 1.81. The molecule has 0 unspecified atom stereocenters. The molecule has 0 saturated heterocycles. The number of fused-ring (bicyclic) bond motifs is 1. The van der Waals surface area contributed by atoms with E-state index in [1.54, 1.807) is 12.1 Å². The van der Waals surface area contributed by atoms with Crippen molar-refractivity contribution >= 4 is 34.4 Å². The lowest BCUT2D eigenvalue weighted by Gasteiger charge is -2.16. The number of hydrogen-bond donors (Lipinski definition) is 1. The zero-order valence-corrected chi connectivity index (χ0v) is 13.3. The maximum atomic E-state index is 13.2. The van der Waals surface area contributed by atoms with Gasteiger partial charge in [0.05, 0.1) is 24.0 Å². The van der Waals surface area contributed by atoms with Gasteiger partial charge in [-0.05, 0) is 36.9 Å². The molecule has 0 aliphatic rings. The predicted octanol–water partition coefficient (Wildman–Crippen LogP) is 2.90. The van der Waals surface area contributed by atoms with Crippen molar-refractivity contribution < 1.29 is 9.18 Å². The van der Waals surface area contributed by atoms with E-state index in [4.69, 9.17) is 0 Å². The van der Waals surface area contributed by atoms with Crippen LogP contribution in [-0.2, 0) is 11.3 Å². The van der Waals surface area contributed by atoms with Crippen LogP contribution in [0.3, 0.4) is 0 Å². The zero-order valence-electron chi connectivity index (χ0n) is 12.5. The van der Waals surface area contributed by atoms with Gasteiger partial charge in [-0.2, -0.15) is 8.75 Å². The number of rotatable bonds is 5. The third-order valence-electron chi connectivity index (χ3n) is 3.32. The van der Waals surface area contributed by atoms with Gasteiger partial charge in [-0.15, -0.1) is 0 Å². The fourth-order valence-electron chi connectivity index (χ4n) is 2.34. The van der Waals surface area contributed by atoms with Gasteiger partial charge in [0.25, 0.3) is 0 Å². The van der Waals surface area contributed by atoms with Gasteiger partial charge in [0, 0.05) is 6.54 Å². The summed E-state index contributed by atoms with van der Waals surface area (Å²) in [4.78, 5) is 14.0. The van der Waals surface area contributed by atoms with Crippen LogP contribution >= 0.6 is 11.7 Å². The molecule has 23 heavy (non-hydrogen) atoms. The van der Waals surface area contributed by atoms with Crippen LogP contribution in [-0.4, -0.2) is 33.1 Å². The number of halogens is 1. The summed E-state index contributed by atoms with van der Waals surface area (Å²) in [6, 6.07) is 11.8. The van der Waals surface area contributed by atoms with Crippen molar-refractivity contribution in [1.29, 1.82) is 0 Å². The molecule has 0 atom stereocenters. The highest BCUT2D eigenvalue weighted by Crippen LogP contribution is 2.21. The quantitative estimate of drug-likeness (QED) is 0.781. The largest absolute Gasteiger partial charge is 0.323 e. The highest BCUT2D eigenvalue weighted by Gasteiger charge is 2.11. The van der Waals surface area contributed by atoms with Crippen molar-refractivity contribution in [2.75, 3.05) is 18.9 Å². The molecule has 3 rings (SSSR count). The van der Waals surface area contributed by atoms with Crippen molar-refractivity contribution in [1.82, 2.24) is 13.6 Å². The minimum Gasteiger partial charge on any atom is -0.323 e. The Morgan fingerprint density at radius 2 is 2.09 bits per heavy atom. The fraction of sp³-hybridized carbons (Fsp3) is 0.188. The summed E-state index contributed by atoms with van der Waals surface area (Å²) in [6.45, 7) is 0.693. The normalized spacial score (nSPS) is 11.1. The molecular weight excluding hydrogens is 315 g/mol. The van der Waals surface area contributed by atoms with Crippen molar-refractivity contribution in [2.45, 2.75) is 6.54 Å². The number of hydrogen-bond acceptors (Lipinski definition) is 5. The first-order valence-corrected chi connectivity index (χ1v) is 7.79. The number of amides is 1. The Morgan fingerprint density at radius 1 is 1.26 bits per heavy atom. The average molecular weight is 330 g/mol. The van der Waals surface area contributed by atoms with Crippen LogP contribution in [0.15, 0.2) is 42.5 Å². The fourth-order valence-corrected chi connectivity index (χ4v) is 2.89. The van der Waals surface area contributed by atoms with Gasteiger partial charge in [-0.3, -0.25) is 9.69 Å². The Labute approximate surface area is 137 Å². The van der Waals surface area contributed by atoms with E-state index in [1.807, 2.05) is 30.1 Å². The average Bonchev–Trinajstić information content (AvgIpc) is 2.96. The van der Waals surface area contributed by atoms with Crippen LogP contribution in [0.25, 0.3) is 11.0 Å². The predicted molar refractivity (Wildman–Crippen MR) is 88.8 cm³/mol. The number of anilines is 1. The molecule has 0 radical (unpaired) electrons. The lowest BCUT2D eigenvalue weighted by atomic mass is 10.2. The van der Waals surface area contributed by atoms with E-state index in [0.29, 0.717) is 17.7 Å². The van der Waals surface area contributed by atoms with Crippen molar-refractivity contribution in [3.05, 3.63) is 53.8 Å². The Hall–Kier alpha value is -2.38. The minimum absolute atomic E-state index is 0.149. The summed E-state index contributed by atoms with van der Waals surface area (Å²) in [6.07, 6.45) is 0. The van der Waals surface area contributed by atoms with Crippen LogP contribution in [0.2, 0.25) is 0 Å². The van der Waals surface area contributed by atoms with E-state index < -0.39 is 0 Å². The number of carbonyl (C=O) groups is 1. The molecule has 7 heteroatoms. The van der Waals surface area contributed by atoms with E-state index in [9.17, 15) is 9.18 Å². The number of likely N-dealkylation sites (N-methyl/N-ethyl adjacent to an activating group) is 1. The third-order valence-corrected chi connectivity index (χ3v) is 3.86. The van der Waals surface area contributed by atoms with Crippen LogP contribution in [0.4, 0.5) is 10.1 Å². The maximum absolute atomic E-state index is 13.2. The summed E-state index contributed by atoms with van der Waals surface area (Å²) < 4.78 is 21.5. The van der Waals surface area contributed by atoms with Crippen LogP contribution in [0.1, 0.15) is 5.56 Å². The minimum atomic E-state index is -0.275. The molecule has 1 aromatic heterocycles. The smallest absolute Gasteiger partial charge is 0.238 e. The molecule has 0 saturated carbocycles. The Kier molecular flexibility index (Phi) is 4.59. The van der Waals surface area contributed by atoms with Crippen LogP contribution in [0, 0.1) is 5.82 Å². The number of benzene rings is 2. The van der Waals surface area contributed by atoms with E-state index in [2.05, 4.69) is 14.1 Å².